The van der Waals surface area contributed by atoms with Crippen LogP contribution in [-0.4, -0.2) is 66.7 Å². The zero-order chi connectivity index (χ0) is 18.6. The lowest BCUT2D eigenvalue weighted by Gasteiger charge is -2.40. The van der Waals surface area contributed by atoms with Crippen LogP contribution in [0.5, 0.6) is 0 Å². The highest BCUT2D eigenvalue weighted by Gasteiger charge is 2.58. The molecular formula is C16H26O8S. The molecule has 0 amide bonds. The number of rotatable bonds is 7. The normalized spacial score (nSPS) is 37.4. The molecule has 0 aliphatic carbocycles. The van der Waals surface area contributed by atoms with Crippen molar-refractivity contribution in [1.29, 1.82) is 0 Å². The van der Waals surface area contributed by atoms with Crippen molar-refractivity contribution in [1.82, 2.24) is 0 Å². The minimum atomic E-state index is -1.24. The van der Waals surface area contributed by atoms with Crippen molar-refractivity contribution in [3.63, 3.8) is 0 Å². The molecule has 9 heteroatoms. The Morgan fingerprint density at radius 3 is 2.36 bits per heavy atom. The number of hydrogen-bond donors (Lipinski definition) is 0. The Bertz CT molecular complexity index is 487. The third-order valence-corrected chi connectivity index (χ3v) is 4.82. The topological polar surface area (TPSA) is 89.5 Å². The quantitative estimate of drug-likeness (QED) is 0.611. The predicted molar refractivity (Wildman–Crippen MR) is 88.8 cm³/mol. The molecule has 2 saturated heterocycles. The molecule has 2 fully saturated rings. The Kier molecular flexibility index (Phi) is 7.10. The van der Waals surface area contributed by atoms with Gasteiger partial charge in [0.05, 0.1) is 0 Å². The standard InChI is InChI=1S/C16H26O8S/c1-6-20-16(5)23-13-12(21-10(4)18)11(8-19-9(3)17)22-15(25-7-2)14(13)24-16/h11-15H,6-8H2,1-5H3/t11-,12-,13+,14+,15-,16?/m1/s1. The fourth-order valence-corrected chi connectivity index (χ4v) is 3.91. The van der Waals surface area contributed by atoms with Crippen LogP contribution in [0.25, 0.3) is 0 Å². The first-order valence-corrected chi connectivity index (χ1v) is 9.41. The Morgan fingerprint density at radius 2 is 1.80 bits per heavy atom. The second-order valence-electron chi connectivity index (χ2n) is 5.84. The highest BCUT2D eigenvalue weighted by atomic mass is 32.2. The van der Waals surface area contributed by atoms with E-state index in [1.807, 2.05) is 13.8 Å². The summed E-state index contributed by atoms with van der Waals surface area (Å²) in [6.45, 7) is 8.49. The van der Waals surface area contributed by atoms with E-state index in [-0.39, 0.29) is 12.0 Å². The van der Waals surface area contributed by atoms with Gasteiger partial charge in [0, 0.05) is 27.4 Å². The molecule has 0 spiro atoms. The second kappa shape index (κ2) is 8.68. The van der Waals surface area contributed by atoms with Gasteiger partial charge in [-0.05, 0) is 12.7 Å². The molecule has 0 N–H and O–H groups in total. The molecule has 0 radical (unpaired) electrons. The van der Waals surface area contributed by atoms with Crippen LogP contribution in [0.15, 0.2) is 0 Å². The molecule has 0 aromatic rings. The van der Waals surface area contributed by atoms with Gasteiger partial charge >= 0.3 is 11.9 Å². The maximum atomic E-state index is 11.6. The van der Waals surface area contributed by atoms with Crippen molar-refractivity contribution in [2.45, 2.75) is 70.4 Å². The number of carbonyl (C=O) groups excluding carboxylic acids is 2. The monoisotopic (exact) mass is 378 g/mol. The predicted octanol–water partition coefficient (Wildman–Crippen LogP) is 1.45. The van der Waals surface area contributed by atoms with Gasteiger partial charge in [0.2, 0.25) is 0 Å². The fraction of sp³-hybridized carbons (Fsp3) is 0.875. The zero-order valence-electron chi connectivity index (χ0n) is 15.2. The Balaban J connectivity index is 2.25. The Morgan fingerprint density at radius 1 is 1.12 bits per heavy atom. The summed E-state index contributed by atoms with van der Waals surface area (Å²) in [5.41, 5.74) is -0.357. The number of esters is 2. The van der Waals surface area contributed by atoms with Crippen molar-refractivity contribution < 1.29 is 38.0 Å². The van der Waals surface area contributed by atoms with E-state index in [4.69, 9.17) is 28.4 Å². The number of ether oxygens (including phenoxy) is 6. The van der Waals surface area contributed by atoms with Gasteiger partial charge < -0.3 is 28.4 Å². The summed E-state index contributed by atoms with van der Waals surface area (Å²) in [4.78, 5) is 22.7. The van der Waals surface area contributed by atoms with E-state index in [1.54, 1.807) is 18.7 Å². The van der Waals surface area contributed by atoms with Gasteiger partial charge in [-0.1, -0.05) is 6.92 Å². The van der Waals surface area contributed by atoms with Crippen LogP contribution >= 0.6 is 11.8 Å². The van der Waals surface area contributed by atoms with Crippen LogP contribution in [0.4, 0.5) is 0 Å². The van der Waals surface area contributed by atoms with Crippen molar-refractivity contribution in [2.75, 3.05) is 19.0 Å². The highest BCUT2D eigenvalue weighted by molar-refractivity contribution is 7.99. The second-order valence-corrected chi connectivity index (χ2v) is 7.21. The van der Waals surface area contributed by atoms with E-state index in [9.17, 15) is 9.59 Å². The largest absolute Gasteiger partial charge is 0.463 e. The summed E-state index contributed by atoms with van der Waals surface area (Å²) in [6, 6.07) is 0. The lowest BCUT2D eigenvalue weighted by atomic mass is 10.00. The van der Waals surface area contributed by atoms with Gasteiger partial charge in [-0.25, -0.2) is 0 Å². The number of thioether (sulfide) groups is 1. The maximum Gasteiger partial charge on any atom is 0.303 e. The van der Waals surface area contributed by atoms with E-state index in [0.29, 0.717) is 6.61 Å². The van der Waals surface area contributed by atoms with Crippen molar-refractivity contribution in [3.05, 3.63) is 0 Å². The zero-order valence-corrected chi connectivity index (χ0v) is 16.0. The lowest BCUT2D eigenvalue weighted by Crippen LogP contribution is -2.58. The summed E-state index contributed by atoms with van der Waals surface area (Å²) in [5.74, 6) is -1.36. The molecule has 8 nitrogen and oxygen atoms in total. The van der Waals surface area contributed by atoms with Crippen molar-refractivity contribution >= 4 is 23.7 Å². The molecule has 0 aromatic carbocycles. The number of fused-ring (bicyclic) bond motifs is 1. The fourth-order valence-electron chi connectivity index (χ4n) is 2.96. The summed E-state index contributed by atoms with van der Waals surface area (Å²) in [7, 11) is 0. The first-order chi connectivity index (χ1) is 11.8. The summed E-state index contributed by atoms with van der Waals surface area (Å²) < 4.78 is 34.0. The SMILES string of the molecule is CCOC1(C)O[C@@H]2[C@H](O1)[C@@H](SCC)O[C@H](COC(C)=O)[C@H]2OC(C)=O. The molecule has 2 rings (SSSR count). The summed E-state index contributed by atoms with van der Waals surface area (Å²) >= 11 is 1.54. The Hall–Kier alpha value is -0.870. The first-order valence-electron chi connectivity index (χ1n) is 8.36. The van der Waals surface area contributed by atoms with Gasteiger partial charge in [0.25, 0.3) is 5.97 Å². The Labute approximate surface area is 151 Å². The number of carbonyl (C=O) groups is 2. The molecule has 6 atom stereocenters. The van der Waals surface area contributed by atoms with Gasteiger partial charge in [-0.3, -0.25) is 9.59 Å². The van der Waals surface area contributed by atoms with Crippen LogP contribution in [0.1, 0.15) is 34.6 Å². The first kappa shape index (κ1) is 20.4. The van der Waals surface area contributed by atoms with Crippen molar-refractivity contribution in [2.24, 2.45) is 0 Å². The summed E-state index contributed by atoms with van der Waals surface area (Å²) in [5, 5.41) is 0. The minimum absolute atomic E-state index is 0.0357. The molecule has 0 aromatic heterocycles. The molecule has 0 bridgehead atoms. The van der Waals surface area contributed by atoms with Crippen LogP contribution in [0.2, 0.25) is 0 Å². The molecule has 0 saturated carbocycles. The van der Waals surface area contributed by atoms with Gasteiger partial charge in [-0.15, -0.1) is 11.8 Å². The van der Waals surface area contributed by atoms with Gasteiger partial charge in [-0.2, -0.15) is 0 Å². The maximum absolute atomic E-state index is 11.6. The van der Waals surface area contributed by atoms with Crippen LogP contribution in [0.3, 0.4) is 0 Å². The van der Waals surface area contributed by atoms with Crippen LogP contribution in [-0.2, 0) is 38.0 Å². The van der Waals surface area contributed by atoms with E-state index in [0.717, 1.165) is 5.75 Å². The molecule has 1 unspecified atom stereocenters. The molecule has 2 heterocycles. The molecular weight excluding hydrogens is 352 g/mol. The molecule has 2 aliphatic heterocycles. The van der Waals surface area contributed by atoms with E-state index >= 15 is 0 Å². The highest BCUT2D eigenvalue weighted by Crippen LogP contribution is 2.42. The minimum Gasteiger partial charge on any atom is -0.463 e. The van der Waals surface area contributed by atoms with Crippen LogP contribution in [0, 0.1) is 0 Å². The smallest absolute Gasteiger partial charge is 0.303 e. The molecule has 144 valence electrons. The van der Waals surface area contributed by atoms with Crippen molar-refractivity contribution in [3.8, 4) is 0 Å². The van der Waals surface area contributed by atoms with E-state index in [1.165, 1.54) is 13.8 Å². The van der Waals surface area contributed by atoms with Crippen LogP contribution < -0.4 is 0 Å². The van der Waals surface area contributed by atoms with Gasteiger partial charge in [0.1, 0.15) is 30.4 Å². The van der Waals surface area contributed by atoms with E-state index in [2.05, 4.69) is 0 Å². The lowest BCUT2D eigenvalue weighted by molar-refractivity contribution is -0.330. The van der Waals surface area contributed by atoms with Gasteiger partial charge in [0.15, 0.2) is 6.10 Å². The summed E-state index contributed by atoms with van der Waals surface area (Å²) in [6.07, 6.45) is -2.47. The average Bonchev–Trinajstić information content (AvgIpc) is 2.86. The third kappa shape index (κ3) is 5.07. The number of hydrogen-bond acceptors (Lipinski definition) is 9. The average molecular weight is 378 g/mol. The van der Waals surface area contributed by atoms with E-state index < -0.39 is 42.3 Å². The molecule has 2 aliphatic rings. The molecule has 25 heavy (non-hydrogen) atoms. The third-order valence-electron chi connectivity index (χ3n) is 3.78.